The SMILES string of the molecule is CCCC(=O)Nc1sc(C(=O)OCC)c(C)c1C(=O)NC. The first kappa shape index (κ1) is 17.2. The Morgan fingerprint density at radius 3 is 2.43 bits per heavy atom. The van der Waals surface area contributed by atoms with Crippen LogP contribution >= 0.6 is 11.3 Å². The first-order valence-electron chi connectivity index (χ1n) is 6.78. The van der Waals surface area contributed by atoms with Crippen molar-refractivity contribution < 1.29 is 19.1 Å². The minimum Gasteiger partial charge on any atom is -0.462 e. The molecule has 0 aliphatic carbocycles. The van der Waals surface area contributed by atoms with Crippen molar-refractivity contribution in [3.63, 3.8) is 0 Å². The molecule has 0 saturated carbocycles. The number of anilines is 1. The van der Waals surface area contributed by atoms with Crippen LogP contribution in [0.4, 0.5) is 5.00 Å². The van der Waals surface area contributed by atoms with Crippen LogP contribution in [0.5, 0.6) is 0 Å². The largest absolute Gasteiger partial charge is 0.462 e. The molecular formula is C14H20N2O4S. The van der Waals surface area contributed by atoms with Crippen LogP contribution in [0.25, 0.3) is 0 Å². The summed E-state index contributed by atoms with van der Waals surface area (Å²) in [4.78, 5) is 36.0. The molecule has 0 bridgehead atoms. The molecular weight excluding hydrogens is 292 g/mol. The fourth-order valence-electron chi connectivity index (χ4n) is 1.81. The lowest BCUT2D eigenvalue weighted by molar-refractivity contribution is -0.116. The van der Waals surface area contributed by atoms with Gasteiger partial charge in [-0.3, -0.25) is 9.59 Å². The number of amides is 2. The third kappa shape index (κ3) is 4.04. The number of rotatable bonds is 6. The Morgan fingerprint density at radius 2 is 1.90 bits per heavy atom. The van der Waals surface area contributed by atoms with Gasteiger partial charge in [0.15, 0.2) is 0 Å². The summed E-state index contributed by atoms with van der Waals surface area (Å²) in [5, 5.41) is 5.59. The van der Waals surface area contributed by atoms with E-state index in [0.29, 0.717) is 33.8 Å². The van der Waals surface area contributed by atoms with E-state index in [9.17, 15) is 14.4 Å². The van der Waals surface area contributed by atoms with Gasteiger partial charge >= 0.3 is 5.97 Å². The van der Waals surface area contributed by atoms with Crippen molar-refractivity contribution in [1.29, 1.82) is 0 Å². The monoisotopic (exact) mass is 312 g/mol. The molecule has 0 unspecified atom stereocenters. The van der Waals surface area contributed by atoms with E-state index < -0.39 is 5.97 Å². The van der Waals surface area contributed by atoms with Crippen LogP contribution in [-0.4, -0.2) is 31.4 Å². The molecule has 0 aliphatic rings. The summed E-state index contributed by atoms with van der Waals surface area (Å²) in [6.07, 6.45) is 1.06. The summed E-state index contributed by atoms with van der Waals surface area (Å²) in [7, 11) is 1.50. The highest BCUT2D eigenvalue weighted by molar-refractivity contribution is 7.18. The zero-order valence-electron chi connectivity index (χ0n) is 12.7. The zero-order chi connectivity index (χ0) is 16.0. The standard InChI is InChI=1S/C14H20N2O4S/c1-5-7-9(17)16-13-10(12(18)15-4)8(3)11(21-13)14(19)20-6-2/h5-7H2,1-4H3,(H,15,18)(H,16,17). The second kappa shape index (κ2) is 7.78. The maximum absolute atomic E-state index is 12.0. The molecule has 1 aromatic rings. The lowest BCUT2D eigenvalue weighted by atomic mass is 10.1. The third-order valence-electron chi connectivity index (χ3n) is 2.79. The van der Waals surface area contributed by atoms with Crippen LogP contribution < -0.4 is 10.6 Å². The highest BCUT2D eigenvalue weighted by atomic mass is 32.1. The van der Waals surface area contributed by atoms with Gasteiger partial charge in [0.25, 0.3) is 5.91 Å². The Morgan fingerprint density at radius 1 is 1.24 bits per heavy atom. The van der Waals surface area contributed by atoms with Gasteiger partial charge in [0.2, 0.25) is 5.91 Å². The predicted octanol–water partition coefficient (Wildman–Crippen LogP) is 2.33. The average molecular weight is 312 g/mol. The van der Waals surface area contributed by atoms with E-state index in [0.717, 1.165) is 11.3 Å². The summed E-state index contributed by atoms with van der Waals surface area (Å²) in [5.41, 5.74) is 0.833. The van der Waals surface area contributed by atoms with E-state index in [1.165, 1.54) is 7.05 Å². The second-order valence-electron chi connectivity index (χ2n) is 4.36. The van der Waals surface area contributed by atoms with Crippen LogP contribution in [0.2, 0.25) is 0 Å². The molecule has 21 heavy (non-hydrogen) atoms. The van der Waals surface area contributed by atoms with E-state index in [1.54, 1.807) is 13.8 Å². The van der Waals surface area contributed by atoms with Crippen molar-refractivity contribution in [2.45, 2.75) is 33.6 Å². The number of esters is 1. The quantitative estimate of drug-likeness (QED) is 0.790. The molecule has 1 aromatic heterocycles. The Bertz CT molecular complexity index is 551. The van der Waals surface area contributed by atoms with Gasteiger partial charge < -0.3 is 15.4 Å². The summed E-state index contributed by atoms with van der Waals surface area (Å²) in [5.74, 6) is -1.01. The summed E-state index contributed by atoms with van der Waals surface area (Å²) >= 11 is 1.06. The zero-order valence-corrected chi connectivity index (χ0v) is 13.5. The van der Waals surface area contributed by atoms with Gasteiger partial charge in [-0.05, 0) is 25.8 Å². The maximum atomic E-state index is 12.0. The first-order chi connectivity index (χ1) is 9.96. The summed E-state index contributed by atoms with van der Waals surface area (Å²) in [6.45, 7) is 5.53. The van der Waals surface area contributed by atoms with Crippen LogP contribution in [0.1, 0.15) is 52.3 Å². The number of nitrogens with one attached hydrogen (secondary N) is 2. The van der Waals surface area contributed by atoms with E-state index in [-0.39, 0.29) is 18.4 Å². The van der Waals surface area contributed by atoms with Gasteiger partial charge in [-0.2, -0.15) is 0 Å². The summed E-state index contributed by atoms with van der Waals surface area (Å²) < 4.78 is 4.97. The number of hydrogen-bond donors (Lipinski definition) is 2. The molecule has 1 heterocycles. The normalized spacial score (nSPS) is 10.1. The van der Waals surface area contributed by atoms with E-state index in [2.05, 4.69) is 10.6 Å². The molecule has 0 atom stereocenters. The minimum atomic E-state index is -0.485. The fourth-order valence-corrected chi connectivity index (χ4v) is 2.92. The number of carbonyl (C=O) groups is 3. The molecule has 1 rings (SSSR count). The smallest absolute Gasteiger partial charge is 0.348 e. The predicted molar refractivity (Wildman–Crippen MR) is 81.9 cm³/mol. The van der Waals surface area contributed by atoms with Crippen molar-refractivity contribution >= 4 is 34.1 Å². The minimum absolute atomic E-state index is 0.181. The van der Waals surface area contributed by atoms with Crippen molar-refractivity contribution in [1.82, 2.24) is 5.32 Å². The molecule has 0 fully saturated rings. The van der Waals surface area contributed by atoms with Gasteiger partial charge in [0, 0.05) is 13.5 Å². The number of thiophene rings is 1. The molecule has 116 valence electrons. The number of ether oxygens (including phenoxy) is 1. The Kier molecular flexibility index (Phi) is 6.36. The molecule has 0 saturated heterocycles. The molecule has 7 heteroatoms. The van der Waals surface area contributed by atoms with Gasteiger partial charge in [0.1, 0.15) is 9.88 Å². The topological polar surface area (TPSA) is 84.5 Å². The Labute approximate surface area is 127 Å². The first-order valence-corrected chi connectivity index (χ1v) is 7.60. The van der Waals surface area contributed by atoms with Crippen molar-refractivity contribution in [2.24, 2.45) is 0 Å². The third-order valence-corrected chi connectivity index (χ3v) is 3.98. The van der Waals surface area contributed by atoms with E-state index in [1.807, 2.05) is 6.92 Å². The van der Waals surface area contributed by atoms with Gasteiger partial charge in [-0.25, -0.2) is 4.79 Å². The van der Waals surface area contributed by atoms with Crippen molar-refractivity contribution in [3.05, 3.63) is 16.0 Å². The highest BCUT2D eigenvalue weighted by Crippen LogP contribution is 2.33. The lowest BCUT2D eigenvalue weighted by Crippen LogP contribution is -2.21. The fraction of sp³-hybridized carbons (Fsp3) is 0.500. The molecule has 0 radical (unpaired) electrons. The van der Waals surface area contributed by atoms with Crippen LogP contribution in [0.15, 0.2) is 0 Å². The van der Waals surface area contributed by atoms with Crippen LogP contribution in [0, 0.1) is 6.92 Å². The van der Waals surface area contributed by atoms with Gasteiger partial charge in [0.05, 0.1) is 12.2 Å². The Balaban J connectivity index is 3.21. The molecule has 0 aliphatic heterocycles. The van der Waals surface area contributed by atoms with Crippen molar-refractivity contribution in [2.75, 3.05) is 19.0 Å². The van der Waals surface area contributed by atoms with E-state index in [4.69, 9.17) is 4.74 Å². The molecule has 0 aromatic carbocycles. The summed E-state index contributed by atoms with van der Waals surface area (Å²) in [6, 6.07) is 0. The van der Waals surface area contributed by atoms with E-state index >= 15 is 0 Å². The molecule has 2 amide bonds. The number of hydrogen-bond acceptors (Lipinski definition) is 5. The number of carbonyl (C=O) groups excluding carboxylic acids is 3. The maximum Gasteiger partial charge on any atom is 0.348 e. The van der Waals surface area contributed by atoms with Crippen molar-refractivity contribution in [3.8, 4) is 0 Å². The highest BCUT2D eigenvalue weighted by Gasteiger charge is 2.25. The van der Waals surface area contributed by atoms with Crippen LogP contribution in [-0.2, 0) is 9.53 Å². The second-order valence-corrected chi connectivity index (χ2v) is 5.38. The van der Waals surface area contributed by atoms with Crippen LogP contribution in [0.3, 0.4) is 0 Å². The molecule has 6 nitrogen and oxygen atoms in total. The Hall–Kier alpha value is -1.89. The molecule has 2 N–H and O–H groups in total. The molecule has 0 spiro atoms. The van der Waals surface area contributed by atoms with Gasteiger partial charge in [-0.15, -0.1) is 11.3 Å². The average Bonchev–Trinajstić information content (AvgIpc) is 2.75. The lowest BCUT2D eigenvalue weighted by Gasteiger charge is -2.05. The van der Waals surface area contributed by atoms with Gasteiger partial charge in [-0.1, -0.05) is 6.92 Å².